The second-order valence-electron chi connectivity index (χ2n) is 7.10. The first-order chi connectivity index (χ1) is 13.2. The number of ether oxygens (including phenoxy) is 2. The van der Waals surface area contributed by atoms with Gasteiger partial charge in [0.25, 0.3) is 0 Å². The molecule has 0 saturated carbocycles. The van der Waals surface area contributed by atoms with Gasteiger partial charge >= 0.3 is 0 Å². The van der Waals surface area contributed by atoms with E-state index in [1.165, 1.54) is 5.56 Å². The molecule has 6 heteroatoms. The molecule has 1 aromatic carbocycles. The van der Waals surface area contributed by atoms with Gasteiger partial charge in [-0.3, -0.25) is 9.88 Å². The first-order valence-corrected chi connectivity index (χ1v) is 9.72. The molecular formula is C21H30N4O2. The van der Waals surface area contributed by atoms with Gasteiger partial charge in [-0.05, 0) is 36.6 Å². The van der Waals surface area contributed by atoms with Gasteiger partial charge < -0.3 is 14.8 Å². The number of methoxy groups -OCH3 is 1. The summed E-state index contributed by atoms with van der Waals surface area (Å²) in [6, 6.07) is 6.28. The lowest BCUT2D eigenvalue weighted by Gasteiger charge is -2.26. The summed E-state index contributed by atoms with van der Waals surface area (Å²) in [6.07, 6.45) is 4.52. The Morgan fingerprint density at radius 3 is 2.70 bits per heavy atom. The maximum Gasteiger partial charge on any atom is 0.152 e. The van der Waals surface area contributed by atoms with Crippen molar-refractivity contribution in [3.63, 3.8) is 0 Å². The number of morpholine rings is 1. The fourth-order valence-electron chi connectivity index (χ4n) is 3.27. The van der Waals surface area contributed by atoms with Crippen LogP contribution in [0.3, 0.4) is 0 Å². The fraction of sp³-hybridized carbons (Fsp3) is 0.524. The van der Waals surface area contributed by atoms with Crippen LogP contribution in [0.4, 0.5) is 5.82 Å². The molecule has 2 heterocycles. The van der Waals surface area contributed by atoms with Crippen LogP contribution in [0.1, 0.15) is 31.7 Å². The molecule has 1 saturated heterocycles. The monoisotopic (exact) mass is 370 g/mol. The maximum absolute atomic E-state index is 5.58. The summed E-state index contributed by atoms with van der Waals surface area (Å²) in [5.74, 6) is 2.06. The Kier molecular flexibility index (Phi) is 7.01. The van der Waals surface area contributed by atoms with Crippen LogP contribution in [0.15, 0.2) is 30.6 Å². The molecular weight excluding hydrogens is 340 g/mol. The van der Waals surface area contributed by atoms with Crippen molar-refractivity contribution >= 4 is 5.82 Å². The van der Waals surface area contributed by atoms with Crippen molar-refractivity contribution < 1.29 is 9.47 Å². The average molecular weight is 370 g/mol. The Labute approximate surface area is 161 Å². The van der Waals surface area contributed by atoms with Crippen LogP contribution in [0.2, 0.25) is 0 Å². The predicted octanol–water partition coefficient (Wildman–Crippen LogP) is 3.41. The lowest BCUT2D eigenvalue weighted by atomic mass is 9.98. The van der Waals surface area contributed by atoms with Crippen LogP contribution in [0.5, 0.6) is 5.75 Å². The van der Waals surface area contributed by atoms with E-state index in [2.05, 4.69) is 46.2 Å². The van der Waals surface area contributed by atoms with Crippen molar-refractivity contribution in [2.24, 2.45) is 0 Å². The van der Waals surface area contributed by atoms with Crippen LogP contribution in [-0.2, 0) is 4.74 Å². The van der Waals surface area contributed by atoms with Gasteiger partial charge in [0, 0.05) is 37.6 Å². The molecule has 0 atom stereocenters. The molecule has 1 aliphatic heterocycles. The normalized spacial score (nSPS) is 15.1. The zero-order chi connectivity index (χ0) is 19.1. The lowest BCUT2D eigenvalue weighted by Crippen LogP contribution is -2.37. The third kappa shape index (κ3) is 5.17. The van der Waals surface area contributed by atoms with Crippen LogP contribution in [0, 0.1) is 0 Å². The standard InChI is InChI=1S/C21H30N4O2/c1-16(2)17-5-6-19(26-3)18(15-17)20-21(24-9-8-22-20)23-7-4-10-25-11-13-27-14-12-25/h5-6,8-9,15-16H,4,7,10-14H2,1-3H3,(H,23,24). The number of hydrogen-bond donors (Lipinski definition) is 1. The largest absolute Gasteiger partial charge is 0.496 e. The van der Waals surface area contributed by atoms with Gasteiger partial charge in [0.1, 0.15) is 11.4 Å². The number of rotatable bonds is 8. The SMILES string of the molecule is COc1ccc(C(C)C)cc1-c1nccnc1NCCCN1CCOCC1. The molecule has 1 aromatic heterocycles. The molecule has 0 unspecified atom stereocenters. The summed E-state index contributed by atoms with van der Waals surface area (Å²) in [4.78, 5) is 11.6. The number of hydrogen-bond acceptors (Lipinski definition) is 6. The molecule has 1 aliphatic rings. The first-order valence-electron chi connectivity index (χ1n) is 9.72. The van der Waals surface area contributed by atoms with E-state index in [-0.39, 0.29) is 0 Å². The molecule has 0 aliphatic carbocycles. The van der Waals surface area contributed by atoms with Gasteiger partial charge in [-0.1, -0.05) is 19.9 Å². The van der Waals surface area contributed by atoms with Crippen molar-refractivity contribution in [1.29, 1.82) is 0 Å². The zero-order valence-electron chi connectivity index (χ0n) is 16.6. The summed E-state index contributed by atoms with van der Waals surface area (Å²) in [5.41, 5.74) is 3.07. The number of nitrogens with zero attached hydrogens (tertiary/aromatic N) is 3. The summed E-state index contributed by atoms with van der Waals surface area (Å²) >= 11 is 0. The van der Waals surface area contributed by atoms with Crippen LogP contribution in [-0.4, -0.2) is 61.4 Å². The van der Waals surface area contributed by atoms with Crippen molar-refractivity contribution in [2.45, 2.75) is 26.2 Å². The summed E-state index contributed by atoms with van der Waals surface area (Å²) in [5, 5.41) is 3.46. The van der Waals surface area contributed by atoms with E-state index in [4.69, 9.17) is 9.47 Å². The Morgan fingerprint density at radius 2 is 1.96 bits per heavy atom. The zero-order valence-corrected chi connectivity index (χ0v) is 16.6. The number of anilines is 1. The van der Waals surface area contributed by atoms with Gasteiger partial charge in [-0.25, -0.2) is 4.98 Å². The molecule has 0 spiro atoms. The molecule has 0 bridgehead atoms. The fourth-order valence-corrected chi connectivity index (χ4v) is 3.27. The molecule has 1 fully saturated rings. The summed E-state index contributed by atoms with van der Waals surface area (Å²) in [7, 11) is 1.69. The molecule has 0 radical (unpaired) electrons. The minimum atomic E-state index is 0.441. The van der Waals surface area contributed by atoms with Gasteiger partial charge in [0.2, 0.25) is 0 Å². The summed E-state index contributed by atoms with van der Waals surface area (Å²) in [6.45, 7) is 10.0. The van der Waals surface area contributed by atoms with Gasteiger partial charge in [0.15, 0.2) is 5.82 Å². The molecule has 3 rings (SSSR count). The van der Waals surface area contributed by atoms with Crippen LogP contribution < -0.4 is 10.1 Å². The maximum atomic E-state index is 5.58. The number of nitrogens with one attached hydrogen (secondary N) is 1. The van der Waals surface area contributed by atoms with Crippen LogP contribution in [0.25, 0.3) is 11.3 Å². The van der Waals surface area contributed by atoms with Crippen LogP contribution >= 0.6 is 0 Å². The molecule has 146 valence electrons. The van der Waals surface area contributed by atoms with E-state index < -0.39 is 0 Å². The highest BCUT2D eigenvalue weighted by atomic mass is 16.5. The second kappa shape index (κ2) is 9.67. The third-order valence-electron chi connectivity index (χ3n) is 4.89. The predicted molar refractivity (Wildman–Crippen MR) is 108 cm³/mol. The Morgan fingerprint density at radius 1 is 1.19 bits per heavy atom. The van der Waals surface area contributed by atoms with Crippen molar-refractivity contribution in [2.75, 3.05) is 51.8 Å². The van der Waals surface area contributed by atoms with E-state index in [9.17, 15) is 0 Å². The Bertz CT molecular complexity index is 730. The van der Waals surface area contributed by atoms with Crippen molar-refractivity contribution in [3.8, 4) is 17.0 Å². The molecule has 0 amide bonds. The summed E-state index contributed by atoms with van der Waals surface area (Å²) < 4.78 is 11.0. The third-order valence-corrected chi connectivity index (χ3v) is 4.89. The Balaban J connectivity index is 1.71. The Hall–Kier alpha value is -2.18. The molecule has 2 aromatic rings. The minimum Gasteiger partial charge on any atom is -0.496 e. The highest BCUT2D eigenvalue weighted by Crippen LogP contribution is 2.34. The van der Waals surface area contributed by atoms with Gasteiger partial charge in [0.05, 0.1) is 20.3 Å². The van der Waals surface area contributed by atoms with Gasteiger partial charge in [-0.15, -0.1) is 0 Å². The number of aromatic nitrogens is 2. The highest BCUT2D eigenvalue weighted by Gasteiger charge is 2.15. The minimum absolute atomic E-state index is 0.441. The lowest BCUT2D eigenvalue weighted by molar-refractivity contribution is 0.0378. The van der Waals surface area contributed by atoms with Crippen molar-refractivity contribution in [3.05, 3.63) is 36.2 Å². The molecule has 1 N–H and O–H groups in total. The first kappa shape index (κ1) is 19.6. The van der Waals surface area contributed by atoms with E-state index in [0.29, 0.717) is 5.92 Å². The number of benzene rings is 1. The second-order valence-corrected chi connectivity index (χ2v) is 7.10. The van der Waals surface area contributed by atoms with Gasteiger partial charge in [-0.2, -0.15) is 0 Å². The van der Waals surface area contributed by atoms with Crippen molar-refractivity contribution in [1.82, 2.24) is 14.9 Å². The molecule has 27 heavy (non-hydrogen) atoms. The van der Waals surface area contributed by atoms with E-state index in [1.54, 1.807) is 19.5 Å². The highest BCUT2D eigenvalue weighted by molar-refractivity contribution is 5.76. The smallest absolute Gasteiger partial charge is 0.152 e. The average Bonchev–Trinajstić information content (AvgIpc) is 2.71. The molecule has 6 nitrogen and oxygen atoms in total. The quantitative estimate of drug-likeness (QED) is 0.719. The van der Waals surface area contributed by atoms with E-state index >= 15 is 0 Å². The topological polar surface area (TPSA) is 59.5 Å². The van der Waals surface area contributed by atoms with E-state index in [0.717, 1.165) is 68.6 Å². The van der Waals surface area contributed by atoms with E-state index in [1.807, 2.05) is 6.07 Å².